The summed E-state index contributed by atoms with van der Waals surface area (Å²) in [6, 6.07) is 5.85. The Kier molecular flexibility index (Phi) is 4.17. The molecule has 110 valence electrons. The molecule has 0 fully saturated rings. The van der Waals surface area contributed by atoms with E-state index in [-0.39, 0.29) is 12.5 Å². The Balaban J connectivity index is 1.88. The SMILES string of the molecule is COCCN1Cc2nc(-c3ccsc3)ccc2OCC1=O. The minimum atomic E-state index is -0.0397. The van der Waals surface area contributed by atoms with Gasteiger partial charge in [0.15, 0.2) is 6.61 Å². The number of hydrogen-bond acceptors (Lipinski definition) is 5. The van der Waals surface area contributed by atoms with Gasteiger partial charge < -0.3 is 14.4 Å². The Morgan fingerprint density at radius 3 is 3.10 bits per heavy atom. The molecule has 5 nitrogen and oxygen atoms in total. The zero-order chi connectivity index (χ0) is 14.7. The summed E-state index contributed by atoms with van der Waals surface area (Å²) in [7, 11) is 1.62. The molecule has 0 atom stereocenters. The fourth-order valence-corrected chi connectivity index (χ4v) is 2.86. The zero-order valence-corrected chi connectivity index (χ0v) is 12.6. The molecule has 2 aromatic heterocycles. The van der Waals surface area contributed by atoms with Crippen LogP contribution in [0.15, 0.2) is 29.0 Å². The van der Waals surface area contributed by atoms with E-state index in [4.69, 9.17) is 9.47 Å². The van der Waals surface area contributed by atoms with Crippen LogP contribution in [-0.4, -0.2) is 42.7 Å². The fraction of sp³-hybridized carbons (Fsp3) is 0.333. The monoisotopic (exact) mass is 304 g/mol. The van der Waals surface area contributed by atoms with Crippen LogP contribution in [0.4, 0.5) is 0 Å². The summed E-state index contributed by atoms with van der Waals surface area (Å²) in [6.07, 6.45) is 0. The van der Waals surface area contributed by atoms with Crippen molar-refractivity contribution < 1.29 is 14.3 Å². The lowest BCUT2D eigenvalue weighted by atomic mass is 10.2. The first-order chi connectivity index (χ1) is 10.3. The number of thiophene rings is 1. The lowest BCUT2D eigenvalue weighted by molar-refractivity contribution is -0.133. The number of amides is 1. The van der Waals surface area contributed by atoms with Crippen LogP contribution < -0.4 is 4.74 Å². The molecule has 1 aliphatic heterocycles. The molecule has 0 N–H and O–H groups in total. The number of pyridine rings is 1. The van der Waals surface area contributed by atoms with Crippen molar-refractivity contribution >= 4 is 17.2 Å². The first-order valence-corrected chi connectivity index (χ1v) is 7.64. The van der Waals surface area contributed by atoms with Crippen LogP contribution in [-0.2, 0) is 16.1 Å². The number of aromatic nitrogens is 1. The highest BCUT2D eigenvalue weighted by Gasteiger charge is 2.22. The van der Waals surface area contributed by atoms with Gasteiger partial charge in [0, 0.05) is 24.6 Å². The number of ether oxygens (including phenoxy) is 2. The summed E-state index contributed by atoms with van der Waals surface area (Å²) in [5, 5.41) is 4.08. The van der Waals surface area contributed by atoms with E-state index in [1.165, 1.54) is 0 Å². The molecule has 0 radical (unpaired) electrons. The number of nitrogens with zero attached hydrogens (tertiary/aromatic N) is 2. The van der Waals surface area contributed by atoms with Gasteiger partial charge in [0.05, 0.1) is 18.8 Å². The minimum Gasteiger partial charge on any atom is -0.482 e. The number of hydrogen-bond donors (Lipinski definition) is 0. The molecule has 2 aromatic rings. The Morgan fingerprint density at radius 2 is 2.33 bits per heavy atom. The molecule has 0 saturated heterocycles. The van der Waals surface area contributed by atoms with Gasteiger partial charge in [-0.3, -0.25) is 4.79 Å². The van der Waals surface area contributed by atoms with E-state index in [2.05, 4.69) is 10.4 Å². The number of carbonyl (C=O) groups excluding carboxylic acids is 1. The summed E-state index contributed by atoms with van der Waals surface area (Å²) in [5.41, 5.74) is 2.78. The molecular weight excluding hydrogens is 288 g/mol. The molecule has 0 saturated carbocycles. The quantitative estimate of drug-likeness (QED) is 0.869. The second-order valence-corrected chi connectivity index (χ2v) is 5.53. The van der Waals surface area contributed by atoms with Crippen molar-refractivity contribution in [3.8, 4) is 17.0 Å². The molecule has 0 bridgehead atoms. The zero-order valence-electron chi connectivity index (χ0n) is 11.7. The van der Waals surface area contributed by atoms with Crippen LogP contribution in [0.3, 0.4) is 0 Å². The highest BCUT2D eigenvalue weighted by atomic mass is 32.1. The second-order valence-electron chi connectivity index (χ2n) is 4.75. The van der Waals surface area contributed by atoms with Crippen LogP contribution in [0.25, 0.3) is 11.3 Å². The number of methoxy groups -OCH3 is 1. The van der Waals surface area contributed by atoms with Gasteiger partial charge >= 0.3 is 0 Å². The third-order valence-corrected chi connectivity index (χ3v) is 4.04. The van der Waals surface area contributed by atoms with Gasteiger partial charge in [0.1, 0.15) is 11.4 Å². The topological polar surface area (TPSA) is 51.7 Å². The number of fused-ring (bicyclic) bond motifs is 1. The van der Waals surface area contributed by atoms with Crippen molar-refractivity contribution in [3.63, 3.8) is 0 Å². The average Bonchev–Trinajstić information content (AvgIpc) is 2.98. The predicted octanol–water partition coefficient (Wildman–Crippen LogP) is 2.18. The van der Waals surface area contributed by atoms with Crippen LogP contribution >= 0.6 is 11.3 Å². The average molecular weight is 304 g/mol. The number of rotatable bonds is 4. The third-order valence-electron chi connectivity index (χ3n) is 3.36. The smallest absolute Gasteiger partial charge is 0.260 e. The van der Waals surface area contributed by atoms with Gasteiger partial charge in [-0.25, -0.2) is 4.98 Å². The molecule has 3 rings (SSSR count). The molecule has 0 aromatic carbocycles. The summed E-state index contributed by atoms with van der Waals surface area (Å²) < 4.78 is 10.6. The Bertz CT molecular complexity index is 628. The molecule has 0 unspecified atom stereocenters. The molecule has 21 heavy (non-hydrogen) atoms. The van der Waals surface area contributed by atoms with Crippen molar-refractivity contribution in [1.29, 1.82) is 0 Å². The Hall–Kier alpha value is -1.92. The highest BCUT2D eigenvalue weighted by molar-refractivity contribution is 7.08. The van der Waals surface area contributed by atoms with Gasteiger partial charge in [-0.15, -0.1) is 0 Å². The van der Waals surface area contributed by atoms with E-state index in [0.29, 0.717) is 25.4 Å². The first kappa shape index (κ1) is 14.0. The van der Waals surface area contributed by atoms with Gasteiger partial charge in [-0.2, -0.15) is 11.3 Å². The van der Waals surface area contributed by atoms with E-state index in [1.54, 1.807) is 23.3 Å². The van der Waals surface area contributed by atoms with E-state index in [1.807, 2.05) is 23.6 Å². The molecular formula is C15H16N2O3S. The van der Waals surface area contributed by atoms with Crippen LogP contribution in [0.5, 0.6) is 5.75 Å². The molecule has 1 aliphatic rings. The molecule has 1 amide bonds. The van der Waals surface area contributed by atoms with Gasteiger partial charge in [0.25, 0.3) is 5.91 Å². The van der Waals surface area contributed by atoms with Crippen molar-refractivity contribution in [2.45, 2.75) is 6.54 Å². The maximum absolute atomic E-state index is 12.0. The Morgan fingerprint density at radius 1 is 1.43 bits per heavy atom. The van der Waals surface area contributed by atoms with Crippen molar-refractivity contribution in [2.24, 2.45) is 0 Å². The standard InChI is InChI=1S/C15H16N2O3S/c1-19-6-5-17-8-13-14(20-9-15(17)18)3-2-12(16-13)11-4-7-21-10-11/h2-4,7,10H,5-6,8-9H2,1H3. The van der Waals surface area contributed by atoms with E-state index in [0.717, 1.165) is 17.0 Å². The van der Waals surface area contributed by atoms with Crippen molar-refractivity contribution in [2.75, 3.05) is 26.9 Å². The molecule has 0 aliphatic carbocycles. The highest BCUT2D eigenvalue weighted by Crippen LogP contribution is 2.27. The normalized spacial score (nSPS) is 14.5. The summed E-state index contributed by atoms with van der Waals surface area (Å²) >= 11 is 1.64. The molecule has 6 heteroatoms. The Labute approximate surface area is 127 Å². The van der Waals surface area contributed by atoms with Crippen LogP contribution in [0, 0.1) is 0 Å². The van der Waals surface area contributed by atoms with Gasteiger partial charge in [-0.05, 0) is 23.6 Å². The summed E-state index contributed by atoms with van der Waals surface area (Å²) in [6.45, 7) is 1.56. The molecule has 3 heterocycles. The van der Waals surface area contributed by atoms with E-state index in [9.17, 15) is 4.79 Å². The second kappa shape index (κ2) is 6.24. The van der Waals surface area contributed by atoms with Crippen LogP contribution in [0.1, 0.15) is 5.69 Å². The largest absolute Gasteiger partial charge is 0.482 e. The van der Waals surface area contributed by atoms with Crippen LogP contribution in [0.2, 0.25) is 0 Å². The van der Waals surface area contributed by atoms with Gasteiger partial charge in [0.2, 0.25) is 0 Å². The number of carbonyl (C=O) groups is 1. The summed E-state index contributed by atoms with van der Waals surface area (Å²) in [4.78, 5) is 18.4. The fourth-order valence-electron chi connectivity index (χ4n) is 2.21. The predicted molar refractivity (Wildman–Crippen MR) is 80.3 cm³/mol. The maximum Gasteiger partial charge on any atom is 0.260 e. The third kappa shape index (κ3) is 3.06. The van der Waals surface area contributed by atoms with E-state index < -0.39 is 0 Å². The maximum atomic E-state index is 12.0. The lowest BCUT2D eigenvalue weighted by Crippen LogP contribution is -2.35. The summed E-state index contributed by atoms with van der Waals surface area (Å²) in [5.74, 6) is 0.643. The van der Waals surface area contributed by atoms with E-state index >= 15 is 0 Å². The lowest BCUT2D eigenvalue weighted by Gasteiger charge is -2.18. The van der Waals surface area contributed by atoms with Crippen molar-refractivity contribution in [3.05, 3.63) is 34.7 Å². The molecule has 0 spiro atoms. The minimum absolute atomic E-state index is 0.0397. The van der Waals surface area contributed by atoms with Crippen molar-refractivity contribution in [1.82, 2.24) is 9.88 Å². The van der Waals surface area contributed by atoms with Gasteiger partial charge in [-0.1, -0.05) is 0 Å². The first-order valence-electron chi connectivity index (χ1n) is 6.70.